The van der Waals surface area contributed by atoms with Gasteiger partial charge >= 0.3 is 0 Å². The van der Waals surface area contributed by atoms with Gasteiger partial charge in [0.05, 0.1) is 23.5 Å². The van der Waals surface area contributed by atoms with Crippen LogP contribution in [0.4, 0.5) is 34.4 Å². The van der Waals surface area contributed by atoms with Gasteiger partial charge in [-0.3, -0.25) is 9.59 Å². The fourth-order valence-electron chi connectivity index (χ4n) is 6.54. The number of azo groups is 2. The van der Waals surface area contributed by atoms with E-state index >= 15 is 0 Å². The minimum atomic E-state index is -0.680. The number of nitrogens with zero attached hydrogens (tertiary/aromatic N) is 14. The van der Waals surface area contributed by atoms with E-state index in [0.29, 0.717) is 32.9 Å². The summed E-state index contributed by atoms with van der Waals surface area (Å²) in [4.78, 5) is 44.1. The van der Waals surface area contributed by atoms with Gasteiger partial charge in [0.15, 0.2) is 23.1 Å². The van der Waals surface area contributed by atoms with Crippen molar-refractivity contribution >= 4 is 67.7 Å². The SMILES string of the molecule is N#Cc1cnn(-c2ncccn2)c1/N=N/c1c(O)c(C(=O)Nc2ccc(NC(=O)c3cc4ccccc4c(/N=N/c4c(C#N)cnn4-c4ncccn4)c3O)cc2)cc2ccccc12. The summed E-state index contributed by atoms with van der Waals surface area (Å²) >= 11 is 0. The number of aromatic hydroxyl groups is 2. The second-order valence-electron chi connectivity index (χ2n) is 13.5. The van der Waals surface area contributed by atoms with Crippen LogP contribution in [0.3, 0.4) is 0 Å². The van der Waals surface area contributed by atoms with Crippen LogP contribution in [0.25, 0.3) is 33.4 Å². The number of benzene rings is 5. The van der Waals surface area contributed by atoms with Crippen LogP contribution in [-0.4, -0.2) is 61.5 Å². The highest BCUT2D eigenvalue weighted by Gasteiger charge is 2.22. The lowest BCUT2D eigenvalue weighted by Gasteiger charge is -2.13. The van der Waals surface area contributed by atoms with Crippen molar-refractivity contribution in [2.45, 2.75) is 0 Å². The van der Waals surface area contributed by atoms with E-state index in [1.165, 1.54) is 82.9 Å². The van der Waals surface area contributed by atoms with Crippen LogP contribution in [0, 0.1) is 22.7 Å². The Kier molecular flexibility index (Phi) is 10.4. The summed E-state index contributed by atoms with van der Waals surface area (Å²) in [5, 5.41) is 75.4. The lowest BCUT2D eigenvalue weighted by molar-refractivity contribution is 0.101. The monoisotopic (exact) mass is 842 g/mol. The van der Waals surface area contributed by atoms with Crippen LogP contribution < -0.4 is 10.6 Å². The quantitative estimate of drug-likeness (QED) is 0.0944. The summed E-state index contributed by atoms with van der Waals surface area (Å²) in [6.45, 7) is 0. The standard InChI is InChI=1S/C44H26N16O4/c45-21-27-23-51-59(43-47-15-5-16-48-43)39(27)57-55-35-31-9-3-1-7-25(31)19-33(37(35)61)41(63)53-29-11-13-30(14-12-29)54-42(64)34-20-26-8-2-4-10-32(26)36(38(34)62)56-58-40-28(22-46)24-52-60(40)44-49-17-6-18-50-44/h1-20,23-24,61-62H,(H,53,63)(H,54,64)/b57-55+,58-56+. The fraction of sp³-hybridized carbons (Fsp3) is 0. The Morgan fingerprint density at radius 2 is 0.938 bits per heavy atom. The van der Waals surface area contributed by atoms with Crippen LogP contribution >= 0.6 is 0 Å². The molecule has 0 spiro atoms. The van der Waals surface area contributed by atoms with E-state index in [4.69, 9.17) is 0 Å². The Morgan fingerprint density at radius 3 is 1.33 bits per heavy atom. The van der Waals surface area contributed by atoms with Crippen molar-refractivity contribution in [2.24, 2.45) is 20.5 Å². The van der Waals surface area contributed by atoms with Crippen molar-refractivity contribution in [3.8, 4) is 35.5 Å². The number of amides is 2. The zero-order valence-corrected chi connectivity index (χ0v) is 32.7. The van der Waals surface area contributed by atoms with Crippen molar-refractivity contribution < 1.29 is 19.8 Å². The number of aromatic nitrogens is 8. The minimum Gasteiger partial charge on any atom is -0.505 e. The van der Waals surface area contributed by atoms with Gasteiger partial charge < -0.3 is 20.8 Å². The second-order valence-corrected chi connectivity index (χ2v) is 13.5. The first-order valence-electron chi connectivity index (χ1n) is 18.9. The first-order chi connectivity index (χ1) is 31.3. The van der Waals surface area contributed by atoms with Crippen molar-refractivity contribution in [2.75, 3.05) is 10.6 Å². The van der Waals surface area contributed by atoms with Crippen LogP contribution in [0.15, 0.2) is 155 Å². The normalized spacial score (nSPS) is 11.2. The molecule has 0 aliphatic carbocycles. The maximum Gasteiger partial charge on any atom is 0.259 e. The van der Waals surface area contributed by atoms with Gasteiger partial charge in [-0.05, 0) is 59.3 Å². The maximum atomic E-state index is 13.7. The molecule has 0 bridgehead atoms. The molecule has 9 aromatic rings. The minimum absolute atomic E-state index is 0.00958. The molecule has 4 heterocycles. The number of nitrogens with one attached hydrogen (secondary N) is 2. The topological polar surface area (TPSA) is 283 Å². The third-order valence-electron chi connectivity index (χ3n) is 9.58. The lowest BCUT2D eigenvalue weighted by Crippen LogP contribution is -2.13. The number of nitriles is 2. The van der Waals surface area contributed by atoms with Gasteiger partial charge in [-0.1, -0.05) is 48.5 Å². The van der Waals surface area contributed by atoms with Gasteiger partial charge in [0.1, 0.15) is 34.6 Å². The summed E-state index contributed by atoms with van der Waals surface area (Å²) in [6.07, 6.45) is 8.58. The van der Waals surface area contributed by atoms with E-state index in [1.807, 2.05) is 12.1 Å². The zero-order valence-electron chi connectivity index (χ0n) is 32.7. The number of phenols is 2. The number of fused-ring (bicyclic) bond motifs is 2. The molecule has 4 N–H and O–H groups in total. The highest BCUT2D eigenvalue weighted by molar-refractivity contribution is 6.13. The van der Waals surface area contributed by atoms with Crippen molar-refractivity contribution in [3.05, 3.63) is 156 Å². The van der Waals surface area contributed by atoms with Crippen LogP contribution in [0.5, 0.6) is 11.5 Å². The van der Waals surface area contributed by atoms with E-state index in [2.05, 4.69) is 61.2 Å². The highest BCUT2D eigenvalue weighted by Crippen LogP contribution is 2.42. The van der Waals surface area contributed by atoms with Gasteiger partial charge in [0.25, 0.3) is 23.7 Å². The number of phenolic OH excluding ortho intramolecular Hbond substituents is 2. The van der Waals surface area contributed by atoms with E-state index in [1.54, 1.807) is 60.7 Å². The number of carbonyl (C=O) groups excluding carboxylic acids is 2. The fourth-order valence-corrected chi connectivity index (χ4v) is 6.54. The molecule has 2 amide bonds. The number of hydrogen-bond donors (Lipinski definition) is 4. The predicted octanol–water partition coefficient (Wildman–Crippen LogP) is 8.43. The van der Waals surface area contributed by atoms with Gasteiger partial charge in [-0.25, -0.2) is 19.9 Å². The molecule has 20 heteroatoms. The molecule has 0 aliphatic rings. The van der Waals surface area contributed by atoms with E-state index in [-0.39, 0.29) is 57.2 Å². The first kappa shape index (κ1) is 39.4. The second kappa shape index (κ2) is 16.9. The molecule has 0 aliphatic heterocycles. The smallest absolute Gasteiger partial charge is 0.259 e. The van der Waals surface area contributed by atoms with Gasteiger partial charge in [0.2, 0.25) is 0 Å². The number of rotatable bonds is 10. The Balaban J connectivity index is 0.962. The maximum absolute atomic E-state index is 13.7. The summed E-state index contributed by atoms with van der Waals surface area (Å²) < 4.78 is 2.46. The van der Waals surface area contributed by atoms with E-state index < -0.39 is 23.3 Å². The Labute approximate surface area is 359 Å². The zero-order chi connectivity index (χ0) is 44.2. The molecular formula is C44H26N16O4. The van der Waals surface area contributed by atoms with Crippen LogP contribution in [-0.2, 0) is 0 Å². The first-order valence-corrected chi connectivity index (χ1v) is 18.9. The number of carbonyl (C=O) groups is 2. The largest absolute Gasteiger partial charge is 0.505 e. The van der Waals surface area contributed by atoms with Gasteiger partial charge in [-0.15, -0.1) is 20.5 Å². The Hall–Kier alpha value is -10.1. The van der Waals surface area contributed by atoms with Gasteiger partial charge in [-0.2, -0.15) is 30.1 Å². The summed E-state index contributed by atoms with van der Waals surface area (Å²) in [5.41, 5.74) is 0.479. The molecule has 0 unspecified atom stereocenters. The predicted molar refractivity (Wildman–Crippen MR) is 230 cm³/mol. The molecule has 0 fully saturated rings. The summed E-state index contributed by atoms with van der Waals surface area (Å²) in [6, 6.07) is 30.3. The summed E-state index contributed by atoms with van der Waals surface area (Å²) in [7, 11) is 0. The molecule has 5 aromatic carbocycles. The molecule has 306 valence electrons. The molecule has 20 nitrogen and oxygen atoms in total. The van der Waals surface area contributed by atoms with E-state index in [0.717, 1.165) is 0 Å². The van der Waals surface area contributed by atoms with Gasteiger partial charge in [0, 0.05) is 46.9 Å². The molecule has 9 rings (SSSR count). The van der Waals surface area contributed by atoms with Crippen molar-refractivity contribution in [3.63, 3.8) is 0 Å². The van der Waals surface area contributed by atoms with E-state index in [9.17, 15) is 30.3 Å². The van der Waals surface area contributed by atoms with Crippen LogP contribution in [0.2, 0.25) is 0 Å². The highest BCUT2D eigenvalue weighted by atomic mass is 16.3. The average Bonchev–Trinajstić information content (AvgIpc) is 3.95. The molecule has 0 atom stereocenters. The molecule has 64 heavy (non-hydrogen) atoms. The summed E-state index contributed by atoms with van der Waals surface area (Å²) in [5.74, 6) is -2.00. The Morgan fingerprint density at radius 1 is 0.547 bits per heavy atom. The molecular weight excluding hydrogens is 817 g/mol. The van der Waals surface area contributed by atoms with Crippen molar-refractivity contribution in [1.82, 2.24) is 39.5 Å². The Bertz CT molecular complexity index is 3200. The van der Waals surface area contributed by atoms with Crippen molar-refractivity contribution in [1.29, 1.82) is 10.5 Å². The lowest BCUT2D eigenvalue weighted by atomic mass is 10.0. The average molecular weight is 843 g/mol. The molecule has 0 saturated carbocycles. The van der Waals surface area contributed by atoms with Crippen LogP contribution in [0.1, 0.15) is 31.8 Å². The third-order valence-corrected chi connectivity index (χ3v) is 9.58. The molecule has 4 aromatic heterocycles. The number of anilines is 2. The third kappa shape index (κ3) is 7.51. The molecule has 0 radical (unpaired) electrons. The molecule has 0 saturated heterocycles. The number of hydrogen-bond acceptors (Lipinski definition) is 16.